The molecule has 0 saturated carbocycles. The zero-order chi connectivity index (χ0) is 21.0. The summed E-state index contributed by atoms with van der Waals surface area (Å²) in [6.45, 7) is 6.85. The van der Waals surface area contributed by atoms with E-state index in [9.17, 15) is 14.6 Å². The van der Waals surface area contributed by atoms with Gasteiger partial charge in [0.05, 0.1) is 18.5 Å². The normalized spacial score (nSPS) is 15.9. The summed E-state index contributed by atoms with van der Waals surface area (Å²) in [4.78, 5) is 24.4. The molecule has 0 fully saturated rings. The van der Waals surface area contributed by atoms with Crippen molar-refractivity contribution in [3.8, 4) is 5.75 Å². The Morgan fingerprint density at radius 1 is 1.41 bits per heavy atom. The second kappa shape index (κ2) is 9.28. The molecule has 2 aromatic rings. The van der Waals surface area contributed by atoms with Crippen molar-refractivity contribution in [2.75, 3.05) is 6.54 Å². The first-order chi connectivity index (χ1) is 13.8. The highest BCUT2D eigenvalue weighted by Crippen LogP contribution is 2.36. The molecule has 1 aromatic heterocycles. The van der Waals surface area contributed by atoms with Crippen molar-refractivity contribution in [1.82, 2.24) is 25.5 Å². The number of tetrazole rings is 1. The molecule has 2 N–H and O–H groups in total. The second-order valence-corrected chi connectivity index (χ2v) is 7.67. The van der Waals surface area contributed by atoms with Gasteiger partial charge in [0.2, 0.25) is 0 Å². The number of fused-ring (bicyclic) bond motifs is 1. The number of hydrogen-bond donors (Lipinski definition) is 2. The van der Waals surface area contributed by atoms with E-state index in [1.165, 1.54) is 6.92 Å². The summed E-state index contributed by atoms with van der Waals surface area (Å²) in [7, 11) is -1.14. The van der Waals surface area contributed by atoms with E-state index in [1.54, 1.807) is 16.8 Å². The molecule has 0 amide bonds. The Morgan fingerprint density at radius 2 is 2.21 bits per heavy atom. The van der Waals surface area contributed by atoms with Gasteiger partial charge in [-0.05, 0) is 35.4 Å². The van der Waals surface area contributed by atoms with E-state index < -0.39 is 7.12 Å². The van der Waals surface area contributed by atoms with Crippen molar-refractivity contribution in [3.63, 3.8) is 0 Å². The summed E-state index contributed by atoms with van der Waals surface area (Å²) in [5.74, 6) is 0.340. The van der Waals surface area contributed by atoms with Crippen LogP contribution in [-0.4, -0.2) is 56.5 Å². The van der Waals surface area contributed by atoms with E-state index in [2.05, 4.69) is 34.7 Å². The van der Waals surface area contributed by atoms with Crippen molar-refractivity contribution in [2.24, 2.45) is 0 Å². The highest BCUT2D eigenvalue weighted by Gasteiger charge is 2.37. The second-order valence-electron chi connectivity index (χ2n) is 7.67. The minimum absolute atomic E-state index is 0.0725. The minimum atomic E-state index is -1.14. The highest BCUT2D eigenvalue weighted by molar-refractivity contribution is 6.47. The van der Waals surface area contributed by atoms with Crippen LogP contribution in [0.2, 0.25) is 5.82 Å². The molecule has 0 unspecified atom stereocenters. The molecular weight excluding hydrogens is 373 g/mol. The summed E-state index contributed by atoms with van der Waals surface area (Å²) in [5, 5.41) is 25.2. The predicted octanol–water partition coefficient (Wildman–Crippen LogP) is 0.861. The fourth-order valence-electron chi connectivity index (χ4n) is 3.46. The molecule has 1 aliphatic rings. The number of hydrogen-bond acceptors (Lipinski definition) is 8. The van der Waals surface area contributed by atoms with Gasteiger partial charge in [-0.15, -0.1) is 5.10 Å². The zero-order valence-corrected chi connectivity index (χ0v) is 17.0. The van der Waals surface area contributed by atoms with Gasteiger partial charge in [-0.3, -0.25) is 9.59 Å². The SMILES string of the molecule is CC(=O)c1cccc2c1OB(O)[C@@H](CC(=O)Cc1nnnn1CCNC(C)C)C2. The van der Waals surface area contributed by atoms with Crippen LogP contribution < -0.4 is 9.97 Å². The Labute approximate surface area is 170 Å². The molecule has 2 heterocycles. The largest absolute Gasteiger partial charge is 0.535 e. The van der Waals surface area contributed by atoms with Crippen molar-refractivity contribution in [2.45, 2.75) is 58.4 Å². The molecule has 1 aliphatic heterocycles. The lowest BCUT2D eigenvalue weighted by atomic mass is 9.64. The maximum absolute atomic E-state index is 12.6. The van der Waals surface area contributed by atoms with Crippen molar-refractivity contribution in [1.29, 1.82) is 0 Å². The Bertz CT molecular complexity index is 885. The number of ketones is 2. The van der Waals surface area contributed by atoms with Crippen LogP contribution in [0.25, 0.3) is 0 Å². The van der Waals surface area contributed by atoms with Gasteiger partial charge in [-0.1, -0.05) is 26.0 Å². The van der Waals surface area contributed by atoms with Crippen LogP contribution in [0.15, 0.2) is 18.2 Å². The number of para-hydroxylation sites is 1. The van der Waals surface area contributed by atoms with Crippen LogP contribution in [0.3, 0.4) is 0 Å². The van der Waals surface area contributed by atoms with Crippen LogP contribution in [0.5, 0.6) is 5.75 Å². The van der Waals surface area contributed by atoms with Crippen molar-refractivity contribution < 1.29 is 19.3 Å². The summed E-state index contributed by atoms with van der Waals surface area (Å²) in [6.07, 6.45) is 0.701. The Morgan fingerprint density at radius 3 is 2.93 bits per heavy atom. The molecule has 0 spiro atoms. The third kappa shape index (κ3) is 5.27. The molecule has 0 radical (unpaired) electrons. The lowest BCUT2D eigenvalue weighted by Crippen LogP contribution is -2.36. The monoisotopic (exact) mass is 399 g/mol. The zero-order valence-electron chi connectivity index (χ0n) is 17.0. The van der Waals surface area contributed by atoms with Gasteiger partial charge in [-0.2, -0.15) is 0 Å². The molecule has 154 valence electrons. The molecule has 9 nitrogen and oxygen atoms in total. The third-order valence-corrected chi connectivity index (χ3v) is 4.93. The highest BCUT2D eigenvalue weighted by atomic mass is 16.5. The first-order valence-electron chi connectivity index (χ1n) is 9.82. The Balaban J connectivity index is 1.61. The maximum atomic E-state index is 12.6. The first-order valence-corrected chi connectivity index (χ1v) is 9.82. The lowest BCUT2D eigenvalue weighted by Gasteiger charge is -2.28. The summed E-state index contributed by atoms with van der Waals surface area (Å²) in [5.41, 5.74) is 1.27. The maximum Gasteiger partial charge on any atom is 0.526 e. The predicted molar refractivity (Wildman–Crippen MR) is 107 cm³/mol. The number of Topliss-reactive ketones (excluding diaryl/α,β-unsaturated/α-hetero) is 2. The van der Waals surface area contributed by atoms with Crippen LogP contribution in [0.1, 0.15) is 48.9 Å². The Hall–Kier alpha value is -2.59. The number of aromatic nitrogens is 4. The Kier molecular flexibility index (Phi) is 6.76. The molecule has 1 aromatic carbocycles. The summed E-state index contributed by atoms with van der Waals surface area (Å²) < 4.78 is 7.22. The van der Waals surface area contributed by atoms with E-state index in [0.29, 0.717) is 42.7 Å². The van der Waals surface area contributed by atoms with Crippen LogP contribution in [0.4, 0.5) is 0 Å². The molecule has 10 heteroatoms. The number of carbonyl (C=O) groups is 2. The van der Waals surface area contributed by atoms with Gasteiger partial charge in [0, 0.05) is 24.8 Å². The fourth-order valence-corrected chi connectivity index (χ4v) is 3.46. The molecular formula is C19H26BN5O4. The van der Waals surface area contributed by atoms with Crippen LogP contribution in [-0.2, 0) is 24.2 Å². The van der Waals surface area contributed by atoms with Gasteiger partial charge < -0.3 is 15.0 Å². The lowest BCUT2D eigenvalue weighted by molar-refractivity contribution is -0.118. The molecule has 0 aliphatic carbocycles. The number of carbonyl (C=O) groups excluding carboxylic acids is 2. The minimum Gasteiger partial charge on any atom is -0.535 e. The van der Waals surface area contributed by atoms with Crippen LogP contribution in [0, 0.1) is 0 Å². The molecule has 3 rings (SSSR count). The van der Waals surface area contributed by atoms with E-state index in [4.69, 9.17) is 4.65 Å². The average molecular weight is 399 g/mol. The van der Waals surface area contributed by atoms with Crippen molar-refractivity contribution in [3.05, 3.63) is 35.2 Å². The van der Waals surface area contributed by atoms with Gasteiger partial charge in [0.1, 0.15) is 11.5 Å². The summed E-state index contributed by atoms with van der Waals surface area (Å²) in [6, 6.07) is 5.67. The molecule has 0 bridgehead atoms. The number of benzene rings is 1. The summed E-state index contributed by atoms with van der Waals surface area (Å²) >= 11 is 0. The molecule has 29 heavy (non-hydrogen) atoms. The van der Waals surface area contributed by atoms with E-state index >= 15 is 0 Å². The van der Waals surface area contributed by atoms with E-state index in [1.807, 2.05) is 6.07 Å². The molecule has 1 atom stereocenters. The van der Waals surface area contributed by atoms with Crippen LogP contribution >= 0.6 is 0 Å². The van der Waals surface area contributed by atoms with E-state index in [-0.39, 0.29) is 30.2 Å². The van der Waals surface area contributed by atoms with Gasteiger partial charge in [0.25, 0.3) is 0 Å². The van der Waals surface area contributed by atoms with Crippen molar-refractivity contribution >= 4 is 18.7 Å². The number of nitrogens with zero attached hydrogens (tertiary/aromatic N) is 4. The third-order valence-electron chi connectivity index (χ3n) is 4.93. The van der Waals surface area contributed by atoms with Gasteiger partial charge in [-0.25, -0.2) is 4.68 Å². The number of rotatable bonds is 9. The quantitative estimate of drug-likeness (QED) is 0.471. The standard InChI is InChI=1S/C19H26BN5O4/c1-12(2)21-7-8-25-18(22-23-24-25)11-16(27)10-15-9-14-5-4-6-17(13(3)26)19(14)29-20(15)28/h4-6,12,15,21,28H,7-11H2,1-3H3/t15-/m1/s1. The van der Waals surface area contributed by atoms with E-state index in [0.717, 1.165) is 5.56 Å². The number of nitrogens with one attached hydrogen (secondary N) is 1. The average Bonchev–Trinajstić information content (AvgIpc) is 3.08. The molecule has 0 saturated heterocycles. The van der Waals surface area contributed by atoms with Gasteiger partial charge >= 0.3 is 7.12 Å². The first kappa shape index (κ1) is 21.1. The smallest absolute Gasteiger partial charge is 0.526 e. The topological polar surface area (TPSA) is 119 Å². The van der Waals surface area contributed by atoms with Gasteiger partial charge in [0.15, 0.2) is 11.6 Å². The fraction of sp³-hybridized carbons (Fsp3) is 0.526.